The number of aryl methyl sites for hydroxylation is 2. The quantitative estimate of drug-likeness (QED) is 0.886. The summed E-state index contributed by atoms with van der Waals surface area (Å²) in [4.78, 5) is 0. The molecule has 5 heteroatoms. The van der Waals surface area contributed by atoms with Crippen LogP contribution in [0.4, 0.5) is 4.39 Å². The van der Waals surface area contributed by atoms with Crippen LogP contribution in [0.3, 0.4) is 0 Å². The van der Waals surface area contributed by atoms with Gasteiger partial charge in [0, 0.05) is 13.6 Å². The fourth-order valence-electron chi connectivity index (χ4n) is 1.66. The molecular formula is C12H14FN3O. The lowest BCUT2D eigenvalue weighted by atomic mass is 10.2. The molecule has 0 saturated carbocycles. The number of benzene rings is 1. The molecule has 1 aromatic carbocycles. The Hall–Kier alpha value is -1.88. The van der Waals surface area contributed by atoms with Crippen molar-refractivity contribution in [1.82, 2.24) is 9.78 Å². The molecule has 17 heavy (non-hydrogen) atoms. The van der Waals surface area contributed by atoms with Gasteiger partial charge in [-0.1, -0.05) is 0 Å². The van der Waals surface area contributed by atoms with Crippen LogP contribution in [-0.4, -0.2) is 9.78 Å². The van der Waals surface area contributed by atoms with Crippen molar-refractivity contribution in [2.45, 2.75) is 13.5 Å². The van der Waals surface area contributed by atoms with Gasteiger partial charge in [-0.25, -0.2) is 9.07 Å². The van der Waals surface area contributed by atoms with Crippen molar-refractivity contribution < 1.29 is 9.13 Å². The van der Waals surface area contributed by atoms with E-state index < -0.39 is 0 Å². The summed E-state index contributed by atoms with van der Waals surface area (Å²) in [5.74, 6) is 0.860. The number of nitrogens with zero attached hydrogens (tertiary/aromatic N) is 2. The molecule has 2 aromatic rings. The monoisotopic (exact) mass is 235 g/mol. The predicted molar refractivity (Wildman–Crippen MR) is 62.3 cm³/mol. The third-order valence-electron chi connectivity index (χ3n) is 2.52. The van der Waals surface area contributed by atoms with Crippen molar-refractivity contribution in [1.29, 1.82) is 0 Å². The van der Waals surface area contributed by atoms with E-state index in [0.29, 0.717) is 18.2 Å². The van der Waals surface area contributed by atoms with Gasteiger partial charge < -0.3 is 10.5 Å². The number of nitrogens with two attached hydrogens (primary N) is 1. The summed E-state index contributed by atoms with van der Waals surface area (Å²) in [6.45, 7) is 2.23. The van der Waals surface area contributed by atoms with E-state index in [9.17, 15) is 4.39 Å². The van der Waals surface area contributed by atoms with Crippen LogP contribution in [0.5, 0.6) is 11.6 Å². The van der Waals surface area contributed by atoms with E-state index >= 15 is 0 Å². The van der Waals surface area contributed by atoms with Crippen LogP contribution in [0, 0.1) is 12.7 Å². The van der Waals surface area contributed by atoms with E-state index in [1.54, 1.807) is 23.9 Å². The van der Waals surface area contributed by atoms with E-state index in [1.165, 1.54) is 12.1 Å². The highest BCUT2D eigenvalue weighted by Gasteiger charge is 2.13. The van der Waals surface area contributed by atoms with E-state index in [0.717, 1.165) is 11.3 Å². The van der Waals surface area contributed by atoms with Gasteiger partial charge in [-0.15, -0.1) is 0 Å². The molecule has 90 valence electrons. The minimum atomic E-state index is -0.294. The molecule has 0 aliphatic carbocycles. The number of ether oxygens (including phenoxy) is 1. The topological polar surface area (TPSA) is 53.1 Å². The molecule has 1 heterocycles. The van der Waals surface area contributed by atoms with E-state index in [4.69, 9.17) is 10.5 Å². The Labute approximate surface area is 98.8 Å². The smallest absolute Gasteiger partial charge is 0.222 e. The molecule has 4 nitrogen and oxygen atoms in total. The summed E-state index contributed by atoms with van der Waals surface area (Å²) in [5.41, 5.74) is 7.35. The second-order valence-electron chi connectivity index (χ2n) is 3.75. The molecule has 0 saturated heterocycles. The van der Waals surface area contributed by atoms with E-state index in [1.807, 2.05) is 6.92 Å². The van der Waals surface area contributed by atoms with Gasteiger partial charge >= 0.3 is 0 Å². The summed E-state index contributed by atoms with van der Waals surface area (Å²) in [6.07, 6.45) is 0. The maximum atomic E-state index is 12.8. The van der Waals surface area contributed by atoms with Crippen molar-refractivity contribution in [2.24, 2.45) is 12.8 Å². The Kier molecular flexibility index (Phi) is 3.10. The molecule has 2 rings (SSSR count). The molecule has 0 atom stereocenters. The highest BCUT2D eigenvalue weighted by Crippen LogP contribution is 2.26. The molecule has 0 fully saturated rings. The number of halogens is 1. The first-order chi connectivity index (χ1) is 8.11. The van der Waals surface area contributed by atoms with Crippen LogP contribution in [0.25, 0.3) is 0 Å². The summed E-state index contributed by atoms with van der Waals surface area (Å²) >= 11 is 0. The maximum absolute atomic E-state index is 12.8. The first kappa shape index (κ1) is 11.6. The fraction of sp³-hybridized carbons (Fsp3) is 0.250. The summed E-state index contributed by atoms with van der Waals surface area (Å²) in [7, 11) is 1.78. The normalized spacial score (nSPS) is 10.6. The summed E-state index contributed by atoms with van der Waals surface area (Å²) < 4.78 is 20.0. The van der Waals surface area contributed by atoms with Gasteiger partial charge in [0.1, 0.15) is 11.6 Å². The Morgan fingerprint density at radius 3 is 2.59 bits per heavy atom. The van der Waals surface area contributed by atoms with Gasteiger partial charge in [0.2, 0.25) is 5.88 Å². The second-order valence-corrected chi connectivity index (χ2v) is 3.75. The molecule has 0 bridgehead atoms. The van der Waals surface area contributed by atoms with Crippen molar-refractivity contribution in [2.75, 3.05) is 0 Å². The molecule has 0 spiro atoms. The fourth-order valence-corrected chi connectivity index (χ4v) is 1.66. The summed E-state index contributed by atoms with van der Waals surface area (Å²) in [6, 6.07) is 5.83. The van der Waals surface area contributed by atoms with Gasteiger partial charge in [-0.3, -0.25) is 0 Å². The summed E-state index contributed by atoms with van der Waals surface area (Å²) in [5, 5.41) is 4.23. The lowest BCUT2D eigenvalue weighted by Gasteiger charge is -2.07. The van der Waals surface area contributed by atoms with Crippen molar-refractivity contribution >= 4 is 0 Å². The largest absolute Gasteiger partial charge is 0.439 e. The van der Waals surface area contributed by atoms with Crippen molar-refractivity contribution in [3.05, 3.63) is 41.3 Å². The molecule has 0 aliphatic rings. The zero-order valence-corrected chi connectivity index (χ0v) is 9.77. The van der Waals surface area contributed by atoms with Gasteiger partial charge in [-0.2, -0.15) is 5.10 Å². The Bertz CT molecular complexity index is 519. The van der Waals surface area contributed by atoms with Gasteiger partial charge in [-0.05, 0) is 31.2 Å². The molecule has 1 aromatic heterocycles. The third-order valence-corrected chi connectivity index (χ3v) is 2.52. The lowest BCUT2D eigenvalue weighted by Crippen LogP contribution is -2.01. The molecular weight excluding hydrogens is 221 g/mol. The van der Waals surface area contributed by atoms with Crippen LogP contribution in [0.15, 0.2) is 24.3 Å². The van der Waals surface area contributed by atoms with Crippen LogP contribution in [0.2, 0.25) is 0 Å². The van der Waals surface area contributed by atoms with Crippen molar-refractivity contribution in [3.8, 4) is 11.6 Å². The first-order valence-electron chi connectivity index (χ1n) is 5.27. The minimum absolute atomic E-state index is 0.294. The number of hydrogen-bond acceptors (Lipinski definition) is 3. The van der Waals surface area contributed by atoms with Crippen LogP contribution in [0.1, 0.15) is 11.3 Å². The predicted octanol–water partition coefficient (Wildman–Crippen LogP) is 2.12. The molecule has 0 radical (unpaired) electrons. The Morgan fingerprint density at radius 1 is 1.35 bits per heavy atom. The van der Waals surface area contributed by atoms with Crippen molar-refractivity contribution in [3.63, 3.8) is 0 Å². The van der Waals surface area contributed by atoms with E-state index in [-0.39, 0.29) is 5.82 Å². The number of hydrogen-bond donors (Lipinski definition) is 1. The number of rotatable bonds is 3. The van der Waals surface area contributed by atoms with Crippen LogP contribution >= 0.6 is 0 Å². The second kappa shape index (κ2) is 4.55. The van der Waals surface area contributed by atoms with Gasteiger partial charge in [0.05, 0.1) is 11.3 Å². The van der Waals surface area contributed by atoms with Crippen LogP contribution < -0.4 is 10.5 Å². The first-order valence-corrected chi connectivity index (χ1v) is 5.27. The molecule has 0 unspecified atom stereocenters. The maximum Gasteiger partial charge on any atom is 0.222 e. The zero-order chi connectivity index (χ0) is 12.4. The van der Waals surface area contributed by atoms with Gasteiger partial charge in [0.15, 0.2) is 0 Å². The highest BCUT2D eigenvalue weighted by atomic mass is 19.1. The SMILES string of the molecule is Cc1nn(C)c(Oc2ccc(F)cc2)c1CN. The third kappa shape index (κ3) is 2.29. The van der Waals surface area contributed by atoms with Gasteiger partial charge in [0.25, 0.3) is 0 Å². The standard InChI is InChI=1S/C12H14FN3O/c1-8-11(7-14)12(16(2)15-8)17-10-5-3-9(13)4-6-10/h3-6H,7,14H2,1-2H3. The Balaban J connectivity index is 2.32. The minimum Gasteiger partial charge on any atom is -0.439 e. The average Bonchev–Trinajstić information content (AvgIpc) is 2.57. The molecule has 0 amide bonds. The van der Waals surface area contributed by atoms with E-state index in [2.05, 4.69) is 5.10 Å². The lowest BCUT2D eigenvalue weighted by molar-refractivity contribution is 0.425. The molecule has 0 aliphatic heterocycles. The Morgan fingerprint density at radius 2 is 2.00 bits per heavy atom. The van der Waals surface area contributed by atoms with Crippen LogP contribution in [-0.2, 0) is 13.6 Å². The number of aromatic nitrogens is 2. The average molecular weight is 235 g/mol. The highest BCUT2D eigenvalue weighted by molar-refractivity contribution is 5.35. The molecule has 2 N–H and O–H groups in total. The zero-order valence-electron chi connectivity index (χ0n) is 9.77.